The lowest BCUT2D eigenvalue weighted by molar-refractivity contribution is -0.126. The molecule has 2 aliphatic rings. The van der Waals surface area contributed by atoms with Gasteiger partial charge in [0.2, 0.25) is 5.91 Å². The lowest BCUT2D eigenvalue weighted by Gasteiger charge is -2.36. The van der Waals surface area contributed by atoms with Crippen molar-refractivity contribution in [3.63, 3.8) is 0 Å². The molecule has 162 valence electrons. The molecule has 1 amide bonds. The number of benzene rings is 1. The second kappa shape index (κ2) is 13.4. The summed E-state index contributed by atoms with van der Waals surface area (Å²) in [7, 11) is 0. The summed E-state index contributed by atoms with van der Waals surface area (Å²) in [5.74, 6) is 0.0659. The van der Waals surface area contributed by atoms with Gasteiger partial charge in [-0.15, -0.1) is 37.2 Å². The highest BCUT2D eigenvalue weighted by Crippen LogP contribution is 2.23. The van der Waals surface area contributed by atoms with Gasteiger partial charge in [0.1, 0.15) is 5.82 Å². The van der Waals surface area contributed by atoms with Gasteiger partial charge in [-0.05, 0) is 43.5 Å². The van der Waals surface area contributed by atoms with E-state index in [0.29, 0.717) is 6.54 Å². The molecule has 0 radical (unpaired) electrons. The van der Waals surface area contributed by atoms with Crippen molar-refractivity contribution in [3.05, 3.63) is 30.1 Å². The summed E-state index contributed by atoms with van der Waals surface area (Å²) in [5.41, 5.74) is 7.04. The number of hydrogen-bond acceptors (Lipinski definition) is 4. The molecule has 2 atom stereocenters. The molecule has 9 heteroatoms. The molecular formula is C19H32Cl3FN4O. The van der Waals surface area contributed by atoms with Gasteiger partial charge < -0.3 is 16.0 Å². The molecule has 1 heterocycles. The van der Waals surface area contributed by atoms with E-state index >= 15 is 0 Å². The summed E-state index contributed by atoms with van der Waals surface area (Å²) in [6, 6.07) is 6.87. The Kier molecular flexibility index (Phi) is 13.1. The summed E-state index contributed by atoms with van der Waals surface area (Å²) in [5, 5.41) is 3.08. The predicted molar refractivity (Wildman–Crippen MR) is 120 cm³/mol. The lowest BCUT2D eigenvalue weighted by atomic mass is 9.85. The zero-order valence-electron chi connectivity index (χ0n) is 16.0. The number of nitrogens with one attached hydrogen (secondary N) is 1. The maximum absolute atomic E-state index is 13.0. The first kappa shape index (κ1) is 27.2. The van der Waals surface area contributed by atoms with Crippen molar-refractivity contribution in [1.82, 2.24) is 10.2 Å². The van der Waals surface area contributed by atoms with Crippen LogP contribution in [0.2, 0.25) is 0 Å². The molecule has 1 saturated carbocycles. The van der Waals surface area contributed by atoms with Crippen LogP contribution in [-0.4, -0.2) is 56.1 Å². The number of nitrogens with zero attached hydrogens (tertiary/aromatic N) is 2. The molecule has 1 aliphatic carbocycles. The molecule has 0 spiro atoms. The average molecular weight is 458 g/mol. The van der Waals surface area contributed by atoms with Crippen molar-refractivity contribution >= 4 is 48.8 Å². The van der Waals surface area contributed by atoms with Gasteiger partial charge in [0.05, 0.1) is 0 Å². The van der Waals surface area contributed by atoms with Crippen LogP contribution in [0.25, 0.3) is 0 Å². The van der Waals surface area contributed by atoms with E-state index in [2.05, 4.69) is 15.1 Å². The Morgan fingerprint density at radius 3 is 2.32 bits per heavy atom. The zero-order valence-corrected chi connectivity index (χ0v) is 18.5. The normalized spacial score (nSPS) is 22.3. The van der Waals surface area contributed by atoms with Crippen molar-refractivity contribution in [2.75, 3.05) is 44.2 Å². The Morgan fingerprint density at radius 2 is 1.71 bits per heavy atom. The van der Waals surface area contributed by atoms with E-state index in [-0.39, 0.29) is 60.9 Å². The Hall–Kier alpha value is -0.790. The molecule has 2 fully saturated rings. The predicted octanol–water partition coefficient (Wildman–Crippen LogP) is 2.85. The van der Waals surface area contributed by atoms with Crippen molar-refractivity contribution in [2.45, 2.75) is 31.7 Å². The number of hydrogen-bond donors (Lipinski definition) is 2. The summed E-state index contributed by atoms with van der Waals surface area (Å²) >= 11 is 0. The number of carbonyl (C=O) groups is 1. The number of rotatable bonds is 5. The Labute approximate surface area is 185 Å². The van der Waals surface area contributed by atoms with Crippen LogP contribution in [0, 0.1) is 11.7 Å². The van der Waals surface area contributed by atoms with Crippen molar-refractivity contribution in [1.29, 1.82) is 0 Å². The van der Waals surface area contributed by atoms with E-state index in [9.17, 15) is 9.18 Å². The zero-order chi connectivity index (χ0) is 17.6. The Morgan fingerprint density at radius 1 is 1.07 bits per heavy atom. The fourth-order valence-electron chi connectivity index (χ4n) is 3.83. The molecule has 0 bridgehead atoms. The summed E-state index contributed by atoms with van der Waals surface area (Å²) in [6.07, 6.45) is 3.89. The van der Waals surface area contributed by atoms with Gasteiger partial charge in [0.15, 0.2) is 0 Å². The molecule has 3 N–H and O–H groups in total. The third-order valence-corrected chi connectivity index (χ3v) is 5.38. The number of nitrogens with two attached hydrogens (primary N) is 1. The number of halogens is 4. The van der Waals surface area contributed by atoms with Crippen molar-refractivity contribution < 1.29 is 9.18 Å². The minimum absolute atomic E-state index is 0. The SMILES string of the molecule is Cl.Cl.Cl.NC1CCCC(C(=O)NCCN2CCN(c3ccc(F)cc3)CC2)C1. The molecule has 1 aliphatic heterocycles. The average Bonchev–Trinajstić information content (AvgIpc) is 2.63. The van der Waals surface area contributed by atoms with Gasteiger partial charge in [0, 0.05) is 56.9 Å². The maximum atomic E-state index is 13.0. The number of carbonyl (C=O) groups excluding carboxylic acids is 1. The van der Waals surface area contributed by atoms with Crippen LogP contribution in [0.1, 0.15) is 25.7 Å². The minimum Gasteiger partial charge on any atom is -0.369 e. The van der Waals surface area contributed by atoms with Crippen LogP contribution < -0.4 is 16.0 Å². The largest absolute Gasteiger partial charge is 0.369 e. The summed E-state index contributed by atoms with van der Waals surface area (Å²) < 4.78 is 13.0. The van der Waals surface area contributed by atoms with Crippen LogP contribution >= 0.6 is 37.2 Å². The smallest absolute Gasteiger partial charge is 0.223 e. The van der Waals surface area contributed by atoms with E-state index in [1.165, 1.54) is 12.1 Å². The first-order valence-corrected chi connectivity index (χ1v) is 9.38. The van der Waals surface area contributed by atoms with Gasteiger partial charge in [0.25, 0.3) is 0 Å². The molecule has 2 unspecified atom stereocenters. The Balaban J connectivity index is 0.00000243. The summed E-state index contributed by atoms with van der Waals surface area (Å²) in [6.45, 7) is 5.35. The lowest BCUT2D eigenvalue weighted by Crippen LogP contribution is -2.49. The van der Waals surface area contributed by atoms with Gasteiger partial charge in [-0.2, -0.15) is 0 Å². The van der Waals surface area contributed by atoms with Crippen LogP contribution in [0.4, 0.5) is 10.1 Å². The molecule has 5 nitrogen and oxygen atoms in total. The topological polar surface area (TPSA) is 61.6 Å². The number of anilines is 1. The molecule has 1 aromatic carbocycles. The first-order valence-electron chi connectivity index (χ1n) is 9.38. The minimum atomic E-state index is -0.197. The molecule has 1 aromatic rings. The van der Waals surface area contributed by atoms with E-state index < -0.39 is 0 Å². The fourth-order valence-corrected chi connectivity index (χ4v) is 3.83. The van der Waals surface area contributed by atoms with Crippen LogP contribution in [0.5, 0.6) is 0 Å². The molecule has 3 rings (SSSR count). The van der Waals surface area contributed by atoms with Crippen molar-refractivity contribution in [2.24, 2.45) is 11.7 Å². The Bertz CT molecular complexity index is 571. The molecule has 1 saturated heterocycles. The van der Waals surface area contributed by atoms with Crippen LogP contribution in [-0.2, 0) is 4.79 Å². The summed E-state index contributed by atoms with van der Waals surface area (Å²) in [4.78, 5) is 16.9. The third kappa shape index (κ3) is 7.91. The van der Waals surface area contributed by atoms with E-state index in [1.807, 2.05) is 12.1 Å². The number of amides is 1. The van der Waals surface area contributed by atoms with E-state index in [1.54, 1.807) is 0 Å². The second-order valence-corrected chi connectivity index (χ2v) is 7.22. The maximum Gasteiger partial charge on any atom is 0.223 e. The van der Waals surface area contributed by atoms with Crippen LogP contribution in [0.3, 0.4) is 0 Å². The molecular weight excluding hydrogens is 426 g/mol. The second-order valence-electron chi connectivity index (χ2n) is 7.22. The standard InChI is InChI=1S/C19H29FN4O.3ClH/c20-16-4-6-18(7-5-16)24-12-10-23(11-13-24)9-8-22-19(25)15-2-1-3-17(21)14-15;;;/h4-7,15,17H,1-3,8-14,21H2,(H,22,25);3*1H. The fraction of sp³-hybridized carbons (Fsp3) is 0.632. The monoisotopic (exact) mass is 456 g/mol. The third-order valence-electron chi connectivity index (χ3n) is 5.38. The van der Waals surface area contributed by atoms with Crippen LogP contribution in [0.15, 0.2) is 24.3 Å². The van der Waals surface area contributed by atoms with Gasteiger partial charge in [-0.3, -0.25) is 9.69 Å². The highest BCUT2D eigenvalue weighted by atomic mass is 35.5. The highest BCUT2D eigenvalue weighted by Gasteiger charge is 2.25. The van der Waals surface area contributed by atoms with Crippen molar-refractivity contribution in [3.8, 4) is 0 Å². The van der Waals surface area contributed by atoms with Gasteiger partial charge in [-0.1, -0.05) is 6.42 Å². The molecule has 28 heavy (non-hydrogen) atoms. The first-order chi connectivity index (χ1) is 12.1. The quantitative estimate of drug-likeness (QED) is 0.714. The highest BCUT2D eigenvalue weighted by molar-refractivity contribution is 5.86. The van der Waals surface area contributed by atoms with E-state index in [0.717, 1.165) is 64.1 Å². The number of piperazine rings is 1. The van der Waals surface area contributed by atoms with Gasteiger partial charge >= 0.3 is 0 Å². The van der Waals surface area contributed by atoms with E-state index in [4.69, 9.17) is 5.73 Å². The molecule has 0 aromatic heterocycles. The van der Waals surface area contributed by atoms with Gasteiger partial charge in [-0.25, -0.2) is 4.39 Å².